The summed E-state index contributed by atoms with van der Waals surface area (Å²) in [5.41, 5.74) is 0.682. The van der Waals surface area contributed by atoms with Gasteiger partial charge in [-0.2, -0.15) is 0 Å². The van der Waals surface area contributed by atoms with Crippen molar-refractivity contribution in [3.05, 3.63) is 23.4 Å². The van der Waals surface area contributed by atoms with Crippen LogP contribution in [0.25, 0.3) is 0 Å². The summed E-state index contributed by atoms with van der Waals surface area (Å²) in [5.74, 6) is 0. The van der Waals surface area contributed by atoms with Gasteiger partial charge in [0.1, 0.15) is 20.7 Å². The van der Waals surface area contributed by atoms with Crippen LogP contribution in [0.15, 0.2) is 17.2 Å². The van der Waals surface area contributed by atoms with Gasteiger partial charge >= 0.3 is 35.7 Å². The van der Waals surface area contributed by atoms with E-state index in [0.717, 1.165) is 5.56 Å². The number of hydrogen-bond acceptors (Lipinski definition) is 6. The van der Waals surface area contributed by atoms with Gasteiger partial charge in [0.25, 0.3) is 0 Å². The Bertz CT molecular complexity index is 669. The first-order valence-corrected chi connectivity index (χ1v) is 7.90. The van der Waals surface area contributed by atoms with Crippen molar-refractivity contribution in [1.82, 2.24) is 9.88 Å². The summed E-state index contributed by atoms with van der Waals surface area (Å²) in [6.45, 7) is 6.02. The van der Waals surface area contributed by atoms with Gasteiger partial charge in [0, 0.05) is 18.7 Å². The standard InChI is InChI=1S/C13H18N2O5S.Na/c1-13(2,3)20-12(16)15-7-6-10-9(8-15)4-5-11(14-10)21(17,18)19;/h4-5H,6-8H2,1-3H3,(H,17,18,19);/q;+1/p-1. The number of amides is 1. The van der Waals surface area contributed by atoms with Gasteiger partial charge in [-0.1, -0.05) is 6.07 Å². The van der Waals surface area contributed by atoms with E-state index in [4.69, 9.17) is 4.74 Å². The van der Waals surface area contributed by atoms with Crippen LogP contribution in [-0.2, 0) is 27.8 Å². The first-order valence-electron chi connectivity index (χ1n) is 6.49. The van der Waals surface area contributed by atoms with Crippen LogP contribution in [-0.4, -0.2) is 41.1 Å². The summed E-state index contributed by atoms with van der Waals surface area (Å²) in [6, 6.07) is 2.68. The molecular weight excluding hydrogens is 319 g/mol. The Kier molecular flexibility index (Phi) is 6.02. The quantitative estimate of drug-likeness (QED) is 0.447. The van der Waals surface area contributed by atoms with E-state index in [9.17, 15) is 17.8 Å². The van der Waals surface area contributed by atoms with Crippen molar-refractivity contribution in [3.63, 3.8) is 0 Å². The summed E-state index contributed by atoms with van der Waals surface area (Å²) >= 11 is 0. The van der Waals surface area contributed by atoms with Crippen LogP contribution < -0.4 is 29.6 Å². The molecule has 0 saturated carbocycles. The SMILES string of the molecule is CC(C)(C)OC(=O)N1CCc2nc(S(=O)(=O)[O-])ccc2C1.[Na+]. The van der Waals surface area contributed by atoms with Crippen LogP contribution in [0.2, 0.25) is 0 Å². The summed E-state index contributed by atoms with van der Waals surface area (Å²) in [6.07, 6.45) is -0.0357. The maximum atomic E-state index is 12.0. The first-order chi connectivity index (χ1) is 9.56. The smallest absolute Gasteiger partial charge is 0.743 e. The number of aromatic nitrogens is 1. The largest absolute Gasteiger partial charge is 1.00 e. The molecule has 0 unspecified atom stereocenters. The maximum Gasteiger partial charge on any atom is 1.00 e. The fourth-order valence-electron chi connectivity index (χ4n) is 2.02. The third kappa shape index (κ3) is 4.92. The number of hydrogen-bond donors (Lipinski definition) is 0. The average molecular weight is 336 g/mol. The zero-order valence-corrected chi connectivity index (χ0v) is 15.9. The number of pyridine rings is 1. The molecule has 1 amide bonds. The molecule has 2 heterocycles. The van der Waals surface area contributed by atoms with Gasteiger partial charge in [0.2, 0.25) is 0 Å². The molecule has 0 aliphatic carbocycles. The van der Waals surface area contributed by atoms with Gasteiger partial charge in [-0.15, -0.1) is 0 Å². The Balaban J connectivity index is 0.00000242. The zero-order valence-electron chi connectivity index (χ0n) is 13.1. The molecule has 0 N–H and O–H groups in total. The Hall–Kier alpha value is -0.670. The second-order valence-corrected chi connectivity index (χ2v) is 7.19. The van der Waals surface area contributed by atoms with Crippen LogP contribution in [0.4, 0.5) is 4.79 Å². The second kappa shape index (κ2) is 6.84. The van der Waals surface area contributed by atoms with Gasteiger partial charge in [-0.25, -0.2) is 18.2 Å². The summed E-state index contributed by atoms with van der Waals surface area (Å²) in [7, 11) is -4.56. The molecule has 7 nitrogen and oxygen atoms in total. The molecule has 116 valence electrons. The van der Waals surface area contributed by atoms with Crippen molar-refractivity contribution in [3.8, 4) is 0 Å². The molecule has 0 atom stereocenters. The predicted molar refractivity (Wildman–Crippen MR) is 72.5 cm³/mol. The molecule has 22 heavy (non-hydrogen) atoms. The summed E-state index contributed by atoms with van der Waals surface area (Å²) in [5, 5.41) is -0.480. The minimum atomic E-state index is -4.56. The average Bonchev–Trinajstić information content (AvgIpc) is 2.34. The first kappa shape index (κ1) is 19.4. The van der Waals surface area contributed by atoms with Crippen LogP contribution in [0.3, 0.4) is 0 Å². The fourth-order valence-corrected chi connectivity index (χ4v) is 2.47. The number of carbonyl (C=O) groups is 1. The van der Waals surface area contributed by atoms with Gasteiger partial charge < -0.3 is 14.2 Å². The molecule has 2 rings (SSSR count). The molecule has 0 radical (unpaired) electrons. The van der Waals surface area contributed by atoms with Crippen molar-refractivity contribution in [1.29, 1.82) is 0 Å². The predicted octanol–water partition coefficient (Wildman–Crippen LogP) is -1.72. The second-order valence-electron chi connectivity index (χ2n) is 5.86. The minimum Gasteiger partial charge on any atom is -0.743 e. The van der Waals surface area contributed by atoms with Crippen LogP contribution in [0.5, 0.6) is 0 Å². The van der Waals surface area contributed by atoms with Gasteiger partial charge in [-0.3, -0.25) is 0 Å². The molecule has 0 aromatic carbocycles. The molecule has 1 aromatic rings. The van der Waals surface area contributed by atoms with Crippen molar-refractivity contribution in [2.45, 2.75) is 44.4 Å². The van der Waals surface area contributed by atoms with Crippen molar-refractivity contribution in [2.24, 2.45) is 0 Å². The van der Waals surface area contributed by atoms with Crippen LogP contribution in [0, 0.1) is 0 Å². The van der Waals surface area contributed by atoms with Gasteiger partial charge in [0.15, 0.2) is 0 Å². The van der Waals surface area contributed by atoms with Crippen molar-refractivity contribution >= 4 is 16.2 Å². The zero-order chi connectivity index (χ0) is 15.8. The number of fused-ring (bicyclic) bond motifs is 1. The molecular formula is C13H17N2NaO5S. The van der Waals surface area contributed by atoms with E-state index in [1.165, 1.54) is 17.0 Å². The number of ether oxygens (including phenoxy) is 1. The molecule has 0 saturated heterocycles. The molecule has 0 fully saturated rings. The van der Waals surface area contributed by atoms with E-state index >= 15 is 0 Å². The van der Waals surface area contributed by atoms with E-state index in [1.807, 2.05) is 0 Å². The van der Waals surface area contributed by atoms with Gasteiger partial charge in [-0.05, 0) is 32.4 Å². The van der Waals surface area contributed by atoms with E-state index in [-0.39, 0.29) is 36.1 Å². The summed E-state index contributed by atoms with van der Waals surface area (Å²) in [4.78, 5) is 17.4. The normalized spacial score (nSPS) is 14.8. The van der Waals surface area contributed by atoms with E-state index in [0.29, 0.717) is 18.7 Å². The number of carbonyl (C=O) groups excluding carboxylic acids is 1. The molecule has 1 aliphatic heterocycles. The van der Waals surface area contributed by atoms with Crippen molar-refractivity contribution in [2.75, 3.05) is 6.54 Å². The topological polar surface area (TPSA) is 99.6 Å². The molecule has 0 bridgehead atoms. The Labute approximate surface area is 152 Å². The number of nitrogens with zero attached hydrogens (tertiary/aromatic N) is 2. The molecule has 0 spiro atoms. The molecule has 1 aromatic heterocycles. The van der Waals surface area contributed by atoms with Gasteiger partial charge in [0.05, 0.1) is 6.54 Å². The number of rotatable bonds is 1. The Morgan fingerprint density at radius 3 is 2.55 bits per heavy atom. The van der Waals surface area contributed by atoms with E-state index in [1.54, 1.807) is 20.8 Å². The minimum absolute atomic E-state index is 0. The van der Waals surface area contributed by atoms with Crippen LogP contribution in [0.1, 0.15) is 32.0 Å². The monoisotopic (exact) mass is 336 g/mol. The maximum absolute atomic E-state index is 12.0. The Morgan fingerprint density at radius 1 is 1.36 bits per heavy atom. The molecule has 1 aliphatic rings. The third-order valence-corrected chi connectivity index (χ3v) is 3.67. The Morgan fingerprint density at radius 2 is 2.00 bits per heavy atom. The van der Waals surface area contributed by atoms with Crippen LogP contribution >= 0.6 is 0 Å². The van der Waals surface area contributed by atoms with E-state index < -0.39 is 26.8 Å². The summed E-state index contributed by atoms with van der Waals surface area (Å²) < 4.78 is 38.1. The van der Waals surface area contributed by atoms with Crippen molar-refractivity contribution < 1.29 is 52.1 Å². The fraction of sp³-hybridized carbons (Fsp3) is 0.538. The molecule has 9 heteroatoms. The van der Waals surface area contributed by atoms with E-state index in [2.05, 4.69) is 4.98 Å². The third-order valence-electron chi connectivity index (χ3n) is 2.93.